The van der Waals surface area contributed by atoms with Crippen molar-refractivity contribution in [2.45, 2.75) is 6.04 Å². The van der Waals surface area contributed by atoms with Gasteiger partial charge < -0.3 is 10.6 Å². The molecular weight excluding hydrogens is 146 g/mol. The summed E-state index contributed by atoms with van der Waals surface area (Å²) in [6.07, 6.45) is 0. The van der Waals surface area contributed by atoms with Crippen molar-refractivity contribution in [3.8, 4) is 0 Å². The molecule has 0 aliphatic carbocycles. The van der Waals surface area contributed by atoms with E-state index in [2.05, 4.69) is 20.7 Å². The molecule has 1 amide bonds. The fourth-order valence-electron chi connectivity index (χ4n) is 0.914. The van der Waals surface area contributed by atoms with Gasteiger partial charge in [-0.05, 0) is 5.53 Å². The Hall–Kier alpha value is -1.26. The zero-order chi connectivity index (χ0) is 8.10. The third kappa shape index (κ3) is 2.10. The first-order valence-corrected chi connectivity index (χ1v) is 3.36. The standard InChI is InChI=1S/C5H9N5O/c6-10-9-3-4-5(11)8-2-1-7-4/h4,7H,1-3H2,(H,8,11). The van der Waals surface area contributed by atoms with Gasteiger partial charge in [0.2, 0.25) is 5.91 Å². The van der Waals surface area contributed by atoms with Crippen molar-refractivity contribution in [3.05, 3.63) is 10.4 Å². The molecule has 0 bridgehead atoms. The molecule has 0 spiro atoms. The summed E-state index contributed by atoms with van der Waals surface area (Å²) in [5.41, 5.74) is 7.98. The molecule has 6 nitrogen and oxygen atoms in total. The minimum Gasteiger partial charge on any atom is -0.353 e. The molecule has 0 radical (unpaired) electrons. The molecule has 0 saturated carbocycles. The Morgan fingerprint density at radius 3 is 3.18 bits per heavy atom. The van der Waals surface area contributed by atoms with E-state index >= 15 is 0 Å². The first-order valence-electron chi connectivity index (χ1n) is 3.36. The molecule has 0 aromatic carbocycles. The number of piperazine rings is 1. The molecule has 1 unspecified atom stereocenters. The maximum atomic E-state index is 10.9. The molecule has 1 atom stereocenters. The first kappa shape index (κ1) is 7.84. The van der Waals surface area contributed by atoms with Crippen LogP contribution < -0.4 is 10.6 Å². The summed E-state index contributed by atoms with van der Waals surface area (Å²) >= 11 is 0. The monoisotopic (exact) mass is 155 g/mol. The summed E-state index contributed by atoms with van der Waals surface area (Å²) in [5.74, 6) is -0.0938. The lowest BCUT2D eigenvalue weighted by Crippen LogP contribution is -2.54. The van der Waals surface area contributed by atoms with E-state index in [0.717, 1.165) is 6.54 Å². The van der Waals surface area contributed by atoms with Gasteiger partial charge in [-0.25, -0.2) is 0 Å². The lowest BCUT2D eigenvalue weighted by Gasteiger charge is -2.21. The Labute approximate surface area is 63.6 Å². The third-order valence-electron chi connectivity index (χ3n) is 1.46. The number of nitrogens with one attached hydrogen (secondary N) is 2. The maximum Gasteiger partial charge on any atom is 0.237 e. The van der Waals surface area contributed by atoms with E-state index in [4.69, 9.17) is 5.53 Å². The normalized spacial score (nSPS) is 23.6. The van der Waals surface area contributed by atoms with Crippen molar-refractivity contribution in [2.75, 3.05) is 19.6 Å². The van der Waals surface area contributed by atoms with Crippen LogP contribution in [0.2, 0.25) is 0 Å². The molecule has 1 rings (SSSR count). The highest BCUT2D eigenvalue weighted by molar-refractivity contribution is 5.82. The second kappa shape index (κ2) is 3.80. The van der Waals surface area contributed by atoms with Gasteiger partial charge in [-0.2, -0.15) is 0 Å². The number of hydrogen-bond donors (Lipinski definition) is 2. The Balaban J connectivity index is 2.41. The third-order valence-corrected chi connectivity index (χ3v) is 1.46. The van der Waals surface area contributed by atoms with Crippen LogP contribution in [0, 0.1) is 0 Å². The van der Waals surface area contributed by atoms with Gasteiger partial charge in [0.25, 0.3) is 0 Å². The Morgan fingerprint density at radius 1 is 1.73 bits per heavy atom. The minimum absolute atomic E-state index is 0.0938. The summed E-state index contributed by atoms with van der Waals surface area (Å²) < 4.78 is 0. The van der Waals surface area contributed by atoms with Gasteiger partial charge in [-0.3, -0.25) is 4.79 Å². The molecule has 1 fully saturated rings. The summed E-state index contributed by atoms with van der Waals surface area (Å²) in [7, 11) is 0. The van der Waals surface area contributed by atoms with Crippen molar-refractivity contribution in [2.24, 2.45) is 5.11 Å². The van der Waals surface area contributed by atoms with E-state index in [1.54, 1.807) is 0 Å². The van der Waals surface area contributed by atoms with E-state index in [9.17, 15) is 4.79 Å². The molecular formula is C5H9N5O. The number of rotatable bonds is 2. The van der Waals surface area contributed by atoms with Gasteiger partial charge in [0, 0.05) is 18.0 Å². The SMILES string of the molecule is [N-]=[N+]=NCC1NCCNC1=O. The van der Waals surface area contributed by atoms with Crippen LogP contribution in [0.1, 0.15) is 0 Å². The molecule has 60 valence electrons. The highest BCUT2D eigenvalue weighted by atomic mass is 16.2. The molecule has 1 saturated heterocycles. The van der Waals surface area contributed by atoms with Gasteiger partial charge >= 0.3 is 0 Å². The van der Waals surface area contributed by atoms with E-state index in [0.29, 0.717) is 6.54 Å². The number of hydrogen-bond acceptors (Lipinski definition) is 3. The second-order valence-corrected chi connectivity index (χ2v) is 2.21. The number of carbonyl (C=O) groups excluding carboxylic acids is 1. The molecule has 1 aliphatic heterocycles. The molecule has 1 aliphatic rings. The van der Waals surface area contributed by atoms with Crippen molar-refractivity contribution < 1.29 is 4.79 Å². The first-order chi connectivity index (χ1) is 5.34. The van der Waals surface area contributed by atoms with Crippen LogP contribution in [-0.4, -0.2) is 31.6 Å². The van der Waals surface area contributed by atoms with Crippen LogP contribution in [0.3, 0.4) is 0 Å². The highest BCUT2D eigenvalue weighted by Gasteiger charge is 2.19. The van der Waals surface area contributed by atoms with E-state index in [1.807, 2.05) is 0 Å². The predicted octanol–water partition coefficient (Wildman–Crippen LogP) is -0.615. The van der Waals surface area contributed by atoms with Gasteiger partial charge in [-0.15, -0.1) is 0 Å². The highest BCUT2D eigenvalue weighted by Crippen LogP contribution is 1.89. The number of amides is 1. The Bertz CT molecular complexity index is 197. The van der Waals surface area contributed by atoms with E-state index in [1.165, 1.54) is 0 Å². The van der Waals surface area contributed by atoms with Crippen molar-refractivity contribution in [1.29, 1.82) is 0 Å². The van der Waals surface area contributed by atoms with E-state index < -0.39 is 0 Å². The van der Waals surface area contributed by atoms with Crippen molar-refractivity contribution in [3.63, 3.8) is 0 Å². The van der Waals surface area contributed by atoms with Gasteiger partial charge in [0.15, 0.2) is 0 Å². The summed E-state index contributed by atoms with van der Waals surface area (Å²) in [4.78, 5) is 13.5. The number of carbonyl (C=O) groups is 1. The Morgan fingerprint density at radius 2 is 2.55 bits per heavy atom. The number of azide groups is 1. The van der Waals surface area contributed by atoms with E-state index in [-0.39, 0.29) is 18.5 Å². The Kier molecular flexibility index (Phi) is 2.71. The second-order valence-electron chi connectivity index (χ2n) is 2.21. The smallest absolute Gasteiger partial charge is 0.237 e. The molecule has 2 N–H and O–H groups in total. The van der Waals surface area contributed by atoms with Crippen LogP contribution in [0.15, 0.2) is 5.11 Å². The van der Waals surface area contributed by atoms with Gasteiger partial charge in [0.1, 0.15) is 0 Å². The fourth-order valence-corrected chi connectivity index (χ4v) is 0.914. The lowest BCUT2D eigenvalue weighted by atomic mass is 10.2. The quantitative estimate of drug-likeness (QED) is 0.316. The number of nitrogens with zero attached hydrogens (tertiary/aromatic N) is 3. The molecule has 1 heterocycles. The van der Waals surface area contributed by atoms with Crippen molar-refractivity contribution in [1.82, 2.24) is 10.6 Å². The fraction of sp³-hybridized carbons (Fsp3) is 0.800. The lowest BCUT2D eigenvalue weighted by molar-refractivity contribution is -0.124. The minimum atomic E-state index is -0.348. The maximum absolute atomic E-state index is 10.9. The summed E-state index contributed by atoms with van der Waals surface area (Å²) in [5, 5.41) is 8.89. The summed E-state index contributed by atoms with van der Waals surface area (Å²) in [6.45, 7) is 1.56. The van der Waals surface area contributed by atoms with Crippen molar-refractivity contribution >= 4 is 5.91 Å². The average molecular weight is 155 g/mol. The molecule has 11 heavy (non-hydrogen) atoms. The van der Waals surface area contributed by atoms with Gasteiger partial charge in [0.05, 0.1) is 12.6 Å². The molecule has 0 aromatic rings. The predicted molar refractivity (Wildman–Crippen MR) is 38.8 cm³/mol. The van der Waals surface area contributed by atoms with Crippen LogP contribution in [0.25, 0.3) is 10.4 Å². The topological polar surface area (TPSA) is 89.9 Å². The summed E-state index contributed by atoms with van der Waals surface area (Å²) in [6, 6.07) is -0.348. The van der Waals surface area contributed by atoms with Crippen LogP contribution >= 0.6 is 0 Å². The molecule has 0 aromatic heterocycles. The zero-order valence-corrected chi connectivity index (χ0v) is 5.95. The van der Waals surface area contributed by atoms with Gasteiger partial charge in [-0.1, -0.05) is 5.11 Å². The molecule has 6 heteroatoms. The largest absolute Gasteiger partial charge is 0.353 e. The van der Waals surface area contributed by atoms with Crippen LogP contribution in [-0.2, 0) is 4.79 Å². The van der Waals surface area contributed by atoms with Crippen LogP contribution in [0.4, 0.5) is 0 Å². The van der Waals surface area contributed by atoms with Crippen LogP contribution in [0.5, 0.6) is 0 Å². The zero-order valence-electron chi connectivity index (χ0n) is 5.95. The average Bonchev–Trinajstić information content (AvgIpc) is 2.03.